The summed E-state index contributed by atoms with van der Waals surface area (Å²) in [6.07, 6.45) is 0.589. The maximum Gasteiger partial charge on any atom is 0.326 e. The lowest BCUT2D eigenvalue weighted by Crippen LogP contribution is -2.48. The molecule has 0 aliphatic carbocycles. The van der Waals surface area contributed by atoms with Crippen molar-refractivity contribution in [2.24, 2.45) is 0 Å². The van der Waals surface area contributed by atoms with Crippen molar-refractivity contribution in [3.63, 3.8) is 0 Å². The highest BCUT2D eigenvalue weighted by Gasteiger charge is 2.25. The highest BCUT2D eigenvalue weighted by Crippen LogP contribution is 2.10. The van der Waals surface area contributed by atoms with E-state index in [4.69, 9.17) is 4.74 Å². The fourth-order valence-corrected chi connectivity index (χ4v) is 2.36. The molecule has 0 bridgehead atoms. The van der Waals surface area contributed by atoms with Crippen molar-refractivity contribution in [2.75, 3.05) is 20.1 Å². The number of rotatable bonds is 7. The van der Waals surface area contributed by atoms with Crippen LogP contribution in [0.15, 0.2) is 24.3 Å². The molecule has 0 saturated carbocycles. The van der Waals surface area contributed by atoms with Crippen LogP contribution in [0, 0.1) is 6.92 Å². The quantitative estimate of drug-likeness (QED) is 0.778. The Balaban J connectivity index is 2.70. The van der Waals surface area contributed by atoms with Crippen molar-refractivity contribution in [1.82, 2.24) is 10.2 Å². The molecule has 1 unspecified atom stereocenters. The van der Waals surface area contributed by atoms with Gasteiger partial charge in [-0.1, -0.05) is 36.8 Å². The van der Waals surface area contributed by atoms with Gasteiger partial charge in [0.25, 0.3) is 0 Å². The van der Waals surface area contributed by atoms with Gasteiger partial charge >= 0.3 is 5.97 Å². The average molecular weight is 334 g/mol. The monoisotopic (exact) mass is 334 g/mol. The molecule has 1 N–H and O–H groups in total. The Morgan fingerprint density at radius 3 is 2.29 bits per heavy atom. The van der Waals surface area contributed by atoms with E-state index in [0.717, 1.165) is 5.56 Å². The minimum atomic E-state index is -0.552. The minimum Gasteiger partial charge on any atom is -0.459 e. The summed E-state index contributed by atoms with van der Waals surface area (Å²) in [5.74, 6) is -0.507. The zero-order valence-corrected chi connectivity index (χ0v) is 15.7. The highest BCUT2D eigenvalue weighted by molar-refractivity contribution is 5.86. The first-order chi connectivity index (χ1) is 11.1. The maximum absolute atomic E-state index is 12.7. The van der Waals surface area contributed by atoms with Gasteiger partial charge in [0.2, 0.25) is 5.91 Å². The number of hydrogen-bond acceptors (Lipinski definition) is 4. The third-order valence-electron chi connectivity index (χ3n) is 3.47. The van der Waals surface area contributed by atoms with Crippen molar-refractivity contribution in [3.8, 4) is 0 Å². The van der Waals surface area contributed by atoms with Gasteiger partial charge in [-0.15, -0.1) is 0 Å². The summed E-state index contributed by atoms with van der Waals surface area (Å²) in [6, 6.07) is 7.77. The topological polar surface area (TPSA) is 58.6 Å². The standard InChI is InChI=1S/C19H30N2O3/c1-7-20-16(12-15-10-8-14(2)9-11-15)18(23)21(6)13-17(22)24-19(3,4)5/h8-11,16,20H,7,12-13H2,1-6H3. The molecule has 24 heavy (non-hydrogen) atoms. The van der Waals surface area contributed by atoms with Gasteiger partial charge in [0, 0.05) is 7.05 Å². The van der Waals surface area contributed by atoms with Crippen LogP contribution >= 0.6 is 0 Å². The van der Waals surface area contributed by atoms with E-state index >= 15 is 0 Å². The number of esters is 1. The predicted molar refractivity (Wildman–Crippen MR) is 95.8 cm³/mol. The molecule has 1 atom stereocenters. The Labute approximate surface area is 145 Å². The van der Waals surface area contributed by atoms with Gasteiger partial charge in [0.05, 0.1) is 6.04 Å². The molecule has 0 radical (unpaired) electrons. The van der Waals surface area contributed by atoms with Crippen molar-refractivity contribution in [1.29, 1.82) is 0 Å². The molecular weight excluding hydrogens is 304 g/mol. The van der Waals surface area contributed by atoms with Gasteiger partial charge in [-0.05, 0) is 46.2 Å². The number of ether oxygens (including phenoxy) is 1. The molecule has 134 valence electrons. The molecule has 0 fully saturated rings. The SMILES string of the molecule is CCNC(Cc1ccc(C)cc1)C(=O)N(C)CC(=O)OC(C)(C)C. The molecule has 1 rings (SSSR count). The van der Waals surface area contributed by atoms with Crippen LogP contribution in [0.25, 0.3) is 0 Å². The summed E-state index contributed by atoms with van der Waals surface area (Å²) in [6.45, 7) is 10.1. The second-order valence-corrected chi connectivity index (χ2v) is 7.08. The Bertz CT molecular complexity index is 547. The Morgan fingerprint density at radius 1 is 1.21 bits per heavy atom. The van der Waals surface area contributed by atoms with Crippen LogP contribution in [0.2, 0.25) is 0 Å². The van der Waals surface area contributed by atoms with Crippen LogP contribution in [0.1, 0.15) is 38.8 Å². The summed E-state index contributed by atoms with van der Waals surface area (Å²) in [7, 11) is 1.63. The smallest absolute Gasteiger partial charge is 0.326 e. The van der Waals surface area contributed by atoms with Crippen LogP contribution in [-0.4, -0.2) is 48.6 Å². The second kappa shape index (κ2) is 8.83. The van der Waals surface area contributed by atoms with Crippen LogP contribution in [0.3, 0.4) is 0 Å². The van der Waals surface area contributed by atoms with Gasteiger partial charge < -0.3 is 15.0 Å². The number of aryl methyl sites for hydroxylation is 1. The zero-order valence-electron chi connectivity index (χ0n) is 15.7. The first-order valence-electron chi connectivity index (χ1n) is 8.38. The number of nitrogens with one attached hydrogen (secondary N) is 1. The van der Waals surface area contributed by atoms with Crippen LogP contribution < -0.4 is 5.32 Å². The third kappa shape index (κ3) is 7.13. The molecular formula is C19H30N2O3. The number of amides is 1. The van der Waals surface area contributed by atoms with Gasteiger partial charge in [-0.25, -0.2) is 0 Å². The predicted octanol–water partition coefficient (Wildman–Crippen LogP) is 2.32. The van der Waals surface area contributed by atoms with E-state index in [9.17, 15) is 9.59 Å². The first-order valence-corrected chi connectivity index (χ1v) is 8.38. The number of nitrogens with zero attached hydrogens (tertiary/aromatic N) is 1. The molecule has 1 aromatic rings. The summed E-state index contributed by atoms with van der Waals surface area (Å²) < 4.78 is 5.28. The van der Waals surface area contributed by atoms with E-state index in [1.807, 2.05) is 58.9 Å². The van der Waals surface area contributed by atoms with Crippen molar-refractivity contribution < 1.29 is 14.3 Å². The van der Waals surface area contributed by atoms with Gasteiger partial charge in [0.1, 0.15) is 12.1 Å². The number of hydrogen-bond donors (Lipinski definition) is 1. The molecule has 5 heteroatoms. The average Bonchev–Trinajstić information content (AvgIpc) is 2.46. The summed E-state index contributed by atoms with van der Waals surface area (Å²) in [5, 5.41) is 3.20. The first kappa shape index (κ1) is 20.2. The van der Waals surface area contributed by atoms with Gasteiger partial charge in [0.15, 0.2) is 0 Å². The number of carbonyl (C=O) groups excluding carboxylic acids is 2. The lowest BCUT2D eigenvalue weighted by Gasteiger charge is -2.26. The minimum absolute atomic E-state index is 0.0497. The number of carbonyl (C=O) groups is 2. The lowest BCUT2D eigenvalue weighted by atomic mass is 10.0. The highest BCUT2D eigenvalue weighted by atomic mass is 16.6. The van der Waals surface area contributed by atoms with Crippen LogP contribution in [-0.2, 0) is 20.7 Å². The number of benzene rings is 1. The molecule has 1 aromatic carbocycles. The maximum atomic E-state index is 12.7. The van der Waals surface area contributed by atoms with Crippen molar-refractivity contribution in [2.45, 2.75) is 52.7 Å². The molecule has 0 saturated heterocycles. The summed E-state index contributed by atoms with van der Waals surface area (Å²) in [5.41, 5.74) is 1.72. The number of likely N-dealkylation sites (N-methyl/N-ethyl adjacent to an activating group) is 2. The molecule has 0 spiro atoms. The molecule has 0 aliphatic heterocycles. The van der Waals surface area contributed by atoms with Crippen LogP contribution in [0.5, 0.6) is 0 Å². The fraction of sp³-hybridized carbons (Fsp3) is 0.579. The fourth-order valence-electron chi connectivity index (χ4n) is 2.36. The molecule has 0 aliphatic rings. The van der Waals surface area contributed by atoms with Crippen molar-refractivity contribution in [3.05, 3.63) is 35.4 Å². The molecule has 0 aromatic heterocycles. The van der Waals surface area contributed by atoms with E-state index in [1.165, 1.54) is 10.5 Å². The van der Waals surface area contributed by atoms with E-state index < -0.39 is 11.6 Å². The van der Waals surface area contributed by atoms with Gasteiger partial charge in [-0.2, -0.15) is 0 Å². The van der Waals surface area contributed by atoms with E-state index in [0.29, 0.717) is 13.0 Å². The van der Waals surface area contributed by atoms with E-state index in [1.54, 1.807) is 7.05 Å². The molecule has 1 amide bonds. The Kier molecular flexibility index (Phi) is 7.42. The van der Waals surface area contributed by atoms with Gasteiger partial charge in [-0.3, -0.25) is 9.59 Å². The normalized spacial score (nSPS) is 12.6. The zero-order chi connectivity index (χ0) is 18.3. The van der Waals surface area contributed by atoms with Crippen LogP contribution in [0.4, 0.5) is 0 Å². The second-order valence-electron chi connectivity index (χ2n) is 7.08. The molecule has 5 nitrogen and oxygen atoms in total. The van der Waals surface area contributed by atoms with Crippen molar-refractivity contribution >= 4 is 11.9 Å². The molecule has 0 heterocycles. The Morgan fingerprint density at radius 2 is 1.79 bits per heavy atom. The Hall–Kier alpha value is -1.88. The van der Waals surface area contributed by atoms with E-state index in [2.05, 4.69) is 5.32 Å². The third-order valence-corrected chi connectivity index (χ3v) is 3.47. The summed E-state index contributed by atoms with van der Waals surface area (Å²) in [4.78, 5) is 26.0. The summed E-state index contributed by atoms with van der Waals surface area (Å²) >= 11 is 0. The van der Waals surface area contributed by atoms with E-state index in [-0.39, 0.29) is 18.5 Å². The largest absolute Gasteiger partial charge is 0.459 e. The lowest BCUT2D eigenvalue weighted by molar-refractivity contribution is -0.158.